The van der Waals surface area contributed by atoms with Crippen LogP contribution in [0, 0.1) is 0 Å². The fraction of sp³-hybridized carbons (Fsp3) is 0.833. The van der Waals surface area contributed by atoms with Crippen LogP contribution in [-0.4, -0.2) is 50.1 Å². The Hall–Kier alpha value is -1.15. The lowest BCUT2D eigenvalue weighted by Crippen LogP contribution is -2.36. The van der Waals surface area contributed by atoms with Crippen molar-refractivity contribution in [1.82, 2.24) is 25.5 Å². The molecule has 1 aromatic heterocycles. The lowest BCUT2D eigenvalue weighted by atomic mass is 10.2. The third kappa shape index (κ3) is 4.17. The minimum Gasteiger partial charge on any atom is -0.376 e. The number of amides is 1. The van der Waals surface area contributed by atoms with Crippen molar-refractivity contribution in [3.8, 4) is 0 Å². The summed E-state index contributed by atoms with van der Waals surface area (Å²) in [5.41, 5.74) is 0. The lowest BCUT2D eigenvalue weighted by Gasteiger charge is -2.14. The van der Waals surface area contributed by atoms with E-state index in [-0.39, 0.29) is 23.3 Å². The summed E-state index contributed by atoms with van der Waals surface area (Å²) in [4.78, 5) is 11.9. The summed E-state index contributed by atoms with van der Waals surface area (Å²) in [6.07, 6.45) is 2.30. The molecular weight excluding hydrogens is 278 g/mol. The van der Waals surface area contributed by atoms with Gasteiger partial charge in [0.2, 0.25) is 11.1 Å². The van der Waals surface area contributed by atoms with Crippen LogP contribution in [-0.2, 0) is 16.1 Å². The summed E-state index contributed by atoms with van der Waals surface area (Å²) in [5.74, 6) is -0.00309. The van der Waals surface area contributed by atoms with Crippen LogP contribution in [0.2, 0.25) is 0 Å². The van der Waals surface area contributed by atoms with Crippen molar-refractivity contribution in [2.75, 3.05) is 6.61 Å². The number of tetrazole rings is 1. The number of rotatable bonds is 6. The maximum Gasteiger partial charge on any atom is 0.233 e. The largest absolute Gasteiger partial charge is 0.376 e. The summed E-state index contributed by atoms with van der Waals surface area (Å²) in [6, 6.07) is 0.133. The van der Waals surface area contributed by atoms with Gasteiger partial charge in [-0.1, -0.05) is 11.8 Å². The molecule has 0 unspecified atom stereocenters. The molecule has 8 heteroatoms. The van der Waals surface area contributed by atoms with Crippen molar-refractivity contribution in [3.05, 3.63) is 0 Å². The first kappa shape index (κ1) is 15.2. The van der Waals surface area contributed by atoms with E-state index in [4.69, 9.17) is 4.74 Å². The number of nitrogens with zero attached hydrogens (tertiary/aromatic N) is 4. The Labute approximate surface area is 122 Å². The molecule has 0 aliphatic carbocycles. The fourth-order valence-corrected chi connectivity index (χ4v) is 2.80. The molecule has 0 radical (unpaired) electrons. The minimum absolute atomic E-state index is 0.00309. The Balaban J connectivity index is 1.92. The molecule has 0 saturated carbocycles. The van der Waals surface area contributed by atoms with Crippen molar-refractivity contribution < 1.29 is 9.53 Å². The van der Waals surface area contributed by atoms with Crippen molar-refractivity contribution in [3.63, 3.8) is 0 Å². The monoisotopic (exact) mass is 299 g/mol. The third-order valence-electron chi connectivity index (χ3n) is 2.98. The van der Waals surface area contributed by atoms with E-state index in [1.54, 1.807) is 4.68 Å². The molecule has 20 heavy (non-hydrogen) atoms. The quantitative estimate of drug-likeness (QED) is 0.785. The number of hydrogen-bond acceptors (Lipinski definition) is 6. The van der Waals surface area contributed by atoms with Crippen LogP contribution in [0.25, 0.3) is 0 Å². The van der Waals surface area contributed by atoms with Crippen LogP contribution in [0.3, 0.4) is 0 Å². The molecule has 2 heterocycles. The normalized spacial score (nSPS) is 20.3. The van der Waals surface area contributed by atoms with E-state index in [1.807, 2.05) is 20.8 Å². The van der Waals surface area contributed by atoms with E-state index in [0.29, 0.717) is 11.7 Å². The first-order chi connectivity index (χ1) is 9.56. The summed E-state index contributed by atoms with van der Waals surface area (Å²) in [5, 5.41) is 15.0. The second-order valence-electron chi connectivity index (χ2n) is 5.20. The number of carbonyl (C=O) groups is 1. The number of ether oxygens (including phenoxy) is 1. The smallest absolute Gasteiger partial charge is 0.233 e. The SMILES string of the molecule is CC(C)NC(=O)[C@@H](C)Sc1nnnn1C[C@@H]1CCCO1. The van der Waals surface area contributed by atoms with Gasteiger partial charge in [-0.25, -0.2) is 4.68 Å². The maximum absolute atomic E-state index is 11.9. The lowest BCUT2D eigenvalue weighted by molar-refractivity contribution is -0.120. The Morgan fingerprint density at radius 1 is 1.55 bits per heavy atom. The van der Waals surface area contributed by atoms with Crippen LogP contribution in [0.1, 0.15) is 33.6 Å². The number of hydrogen-bond donors (Lipinski definition) is 1. The number of nitrogens with one attached hydrogen (secondary N) is 1. The van der Waals surface area contributed by atoms with Gasteiger partial charge in [-0.15, -0.1) is 5.10 Å². The van der Waals surface area contributed by atoms with Gasteiger partial charge in [0.15, 0.2) is 0 Å². The zero-order valence-electron chi connectivity index (χ0n) is 12.1. The Morgan fingerprint density at radius 2 is 2.35 bits per heavy atom. The predicted octanol–water partition coefficient (Wildman–Crippen LogP) is 0.857. The van der Waals surface area contributed by atoms with Gasteiger partial charge < -0.3 is 10.1 Å². The average Bonchev–Trinajstić information content (AvgIpc) is 3.01. The van der Waals surface area contributed by atoms with Crippen LogP contribution in [0.15, 0.2) is 5.16 Å². The molecule has 7 nitrogen and oxygen atoms in total. The number of thioether (sulfide) groups is 1. The molecular formula is C12H21N5O2S. The molecule has 0 spiro atoms. The second kappa shape index (κ2) is 7.03. The molecule has 0 bridgehead atoms. The zero-order chi connectivity index (χ0) is 14.5. The van der Waals surface area contributed by atoms with Gasteiger partial charge >= 0.3 is 0 Å². The minimum atomic E-state index is -0.230. The summed E-state index contributed by atoms with van der Waals surface area (Å²) in [6.45, 7) is 7.19. The fourth-order valence-electron chi connectivity index (χ4n) is 1.99. The van der Waals surface area contributed by atoms with E-state index < -0.39 is 0 Å². The highest BCUT2D eigenvalue weighted by atomic mass is 32.2. The summed E-state index contributed by atoms with van der Waals surface area (Å²) in [7, 11) is 0. The topological polar surface area (TPSA) is 81.9 Å². The summed E-state index contributed by atoms with van der Waals surface area (Å²) < 4.78 is 7.30. The van der Waals surface area contributed by atoms with Gasteiger partial charge in [-0.2, -0.15) is 0 Å². The molecule has 2 atom stereocenters. The van der Waals surface area contributed by atoms with E-state index in [9.17, 15) is 4.79 Å². The Morgan fingerprint density at radius 3 is 3.00 bits per heavy atom. The number of carbonyl (C=O) groups excluding carboxylic acids is 1. The highest BCUT2D eigenvalue weighted by Gasteiger charge is 2.22. The van der Waals surface area contributed by atoms with E-state index in [1.165, 1.54) is 11.8 Å². The van der Waals surface area contributed by atoms with Gasteiger partial charge in [0, 0.05) is 12.6 Å². The molecule has 1 aliphatic rings. The molecule has 2 rings (SSSR count). The highest BCUT2D eigenvalue weighted by molar-refractivity contribution is 8.00. The van der Waals surface area contributed by atoms with Crippen LogP contribution in [0.4, 0.5) is 0 Å². The van der Waals surface area contributed by atoms with Crippen LogP contribution < -0.4 is 5.32 Å². The molecule has 0 aromatic carbocycles. The maximum atomic E-state index is 11.9. The standard InChI is InChI=1S/C12H21N5O2S/c1-8(2)13-11(18)9(3)20-12-14-15-16-17(12)7-10-5-4-6-19-10/h8-10H,4-7H2,1-3H3,(H,13,18)/t9-,10+/m1/s1. The molecule has 1 fully saturated rings. The van der Waals surface area contributed by atoms with Gasteiger partial charge in [0.05, 0.1) is 17.9 Å². The molecule has 1 N–H and O–H groups in total. The molecule has 1 aliphatic heterocycles. The van der Waals surface area contributed by atoms with E-state index >= 15 is 0 Å². The molecule has 1 saturated heterocycles. The van der Waals surface area contributed by atoms with Crippen molar-refractivity contribution in [2.45, 2.75) is 62.7 Å². The van der Waals surface area contributed by atoms with Gasteiger partial charge in [-0.3, -0.25) is 4.79 Å². The zero-order valence-corrected chi connectivity index (χ0v) is 12.9. The molecule has 1 amide bonds. The molecule has 1 aromatic rings. The first-order valence-electron chi connectivity index (χ1n) is 6.91. The van der Waals surface area contributed by atoms with Gasteiger partial charge in [-0.05, 0) is 44.0 Å². The third-order valence-corrected chi connectivity index (χ3v) is 4.05. The van der Waals surface area contributed by atoms with Gasteiger partial charge in [0.1, 0.15) is 0 Å². The Kier molecular flexibility index (Phi) is 5.36. The predicted molar refractivity (Wildman–Crippen MR) is 75.4 cm³/mol. The molecule has 112 valence electrons. The van der Waals surface area contributed by atoms with Crippen molar-refractivity contribution in [2.24, 2.45) is 0 Å². The Bertz CT molecular complexity index is 445. The highest BCUT2D eigenvalue weighted by Crippen LogP contribution is 2.22. The van der Waals surface area contributed by atoms with Crippen molar-refractivity contribution in [1.29, 1.82) is 0 Å². The van der Waals surface area contributed by atoms with Crippen LogP contribution >= 0.6 is 11.8 Å². The van der Waals surface area contributed by atoms with E-state index in [2.05, 4.69) is 20.8 Å². The summed E-state index contributed by atoms with van der Waals surface area (Å²) >= 11 is 1.37. The average molecular weight is 299 g/mol. The van der Waals surface area contributed by atoms with Crippen molar-refractivity contribution >= 4 is 17.7 Å². The van der Waals surface area contributed by atoms with E-state index in [0.717, 1.165) is 19.4 Å². The van der Waals surface area contributed by atoms with Crippen LogP contribution in [0.5, 0.6) is 0 Å². The second-order valence-corrected chi connectivity index (χ2v) is 6.51. The first-order valence-corrected chi connectivity index (χ1v) is 7.79. The number of aromatic nitrogens is 4. The van der Waals surface area contributed by atoms with Gasteiger partial charge in [0.25, 0.3) is 0 Å².